The van der Waals surface area contributed by atoms with Crippen LogP contribution in [0.15, 0.2) is 90.1 Å². The van der Waals surface area contributed by atoms with E-state index in [-0.39, 0.29) is 16.9 Å². The van der Waals surface area contributed by atoms with Gasteiger partial charge in [-0.2, -0.15) is 0 Å². The van der Waals surface area contributed by atoms with Crippen molar-refractivity contribution in [1.29, 1.82) is 0 Å². The number of Topliss-reactive ketones (excluding diaryl/α,β-unsaturated/α-hetero) is 1. The predicted octanol–water partition coefficient (Wildman–Crippen LogP) is 7.86. The highest BCUT2D eigenvalue weighted by Crippen LogP contribution is 2.53. The Labute approximate surface area is 218 Å². The van der Waals surface area contributed by atoms with Crippen LogP contribution in [0.5, 0.6) is 0 Å². The molecule has 0 saturated carbocycles. The van der Waals surface area contributed by atoms with E-state index < -0.39 is 5.97 Å². The van der Waals surface area contributed by atoms with Crippen molar-refractivity contribution >= 4 is 28.2 Å². The molecule has 0 bridgehead atoms. The zero-order chi connectivity index (χ0) is 26.0. The fraction of sp³-hybridized carbons (Fsp3) is 0.242. The first kappa shape index (κ1) is 24.6. The number of benzene rings is 4. The van der Waals surface area contributed by atoms with Gasteiger partial charge < -0.3 is 4.84 Å². The Bertz CT molecular complexity index is 1520. The van der Waals surface area contributed by atoms with Crippen LogP contribution in [0.2, 0.25) is 0 Å². The van der Waals surface area contributed by atoms with Crippen molar-refractivity contribution in [2.75, 3.05) is 0 Å². The summed E-state index contributed by atoms with van der Waals surface area (Å²) < 4.78 is 0. The molecule has 0 fully saturated rings. The molecule has 0 radical (unpaired) electrons. The minimum absolute atomic E-state index is 0.124. The number of fused-ring (bicyclic) bond motifs is 4. The maximum atomic E-state index is 14.1. The Morgan fingerprint density at radius 3 is 2.22 bits per heavy atom. The number of ketones is 1. The molecular formula is C33H31NO3. The van der Waals surface area contributed by atoms with Crippen molar-refractivity contribution in [2.24, 2.45) is 5.16 Å². The summed E-state index contributed by atoms with van der Waals surface area (Å²) in [5, 5.41) is 5.94. The molecule has 4 aromatic carbocycles. The monoisotopic (exact) mass is 489 g/mol. The SMILES string of the molecule is CCCC1(CCC)c2ccccc2-c2ccc(C(=O)/C(=N/OC(C)=O)c3cccc4ccccc34)cc21. The smallest absolute Gasteiger partial charge is 0.318 e. The van der Waals surface area contributed by atoms with Crippen LogP contribution < -0.4 is 0 Å². The van der Waals surface area contributed by atoms with Gasteiger partial charge in [-0.3, -0.25) is 4.79 Å². The molecule has 0 unspecified atom stereocenters. The highest BCUT2D eigenvalue weighted by molar-refractivity contribution is 6.53. The molecule has 0 amide bonds. The molecule has 0 aromatic heterocycles. The number of hydrogen-bond acceptors (Lipinski definition) is 4. The van der Waals surface area contributed by atoms with Crippen LogP contribution in [0, 0.1) is 0 Å². The van der Waals surface area contributed by atoms with Crippen molar-refractivity contribution in [1.82, 2.24) is 0 Å². The third-order valence-electron chi connectivity index (χ3n) is 7.41. The van der Waals surface area contributed by atoms with E-state index in [1.165, 1.54) is 29.2 Å². The van der Waals surface area contributed by atoms with Gasteiger partial charge in [0, 0.05) is 23.5 Å². The highest BCUT2D eigenvalue weighted by Gasteiger charge is 2.42. The standard InChI is InChI=1S/C33H31NO3/c1-4-19-33(20-5-2)29-16-9-8-14-26(29)27-18-17-24(21-30(27)33)32(36)31(34-37-22(3)35)28-15-10-12-23-11-6-7-13-25(23)28/h6-18,21H,4-5,19-20H2,1-3H3/b34-31+. The summed E-state index contributed by atoms with van der Waals surface area (Å²) in [6.07, 6.45) is 4.11. The molecule has 4 heteroatoms. The summed E-state index contributed by atoms with van der Waals surface area (Å²) >= 11 is 0. The first-order valence-corrected chi connectivity index (χ1v) is 13.0. The summed E-state index contributed by atoms with van der Waals surface area (Å²) in [6.45, 7) is 5.72. The van der Waals surface area contributed by atoms with Crippen LogP contribution in [0.25, 0.3) is 21.9 Å². The van der Waals surface area contributed by atoms with E-state index in [2.05, 4.69) is 55.4 Å². The Morgan fingerprint density at radius 2 is 1.46 bits per heavy atom. The van der Waals surface area contributed by atoms with Gasteiger partial charge in [-0.05, 0) is 51.9 Å². The molecular weight excluding hydrogens is 458 g/mol. The fourth-order valence-corrected chi connectivity index (χ4v) is 6.01. The normalized spacial score (nSPS) is 13.8. The average molecular weight is 490 g/mol. The molecule has 0 atom stereocenters. The Balaban J connectivity index is 1.67. The lowest BCUT2D eigenvalue weighted by molar-refractivity contribution is -0.140. The van der Waals surface area contributed by atoms with Gasteiger partial charge in [0.05, 0.1) is 0 Å². The largest absolute Gasteiger partial charge is 0.332 e. The lowest BCUT2D eigenvalue weighted by Crippen LogP contribution is -2.25. The zero-order valence-electron chi connectivity index (χ0n) is 21.6. The van der Waals surface area contributed by atoms with E-state index in [4.69, 9.17) is 4.84 Å². The van der Waals surface area contributed by atoms with Gasteiger partial charge in [-0.15, -0.1) is 0 Å². The molecule has 1 aliphatic carbocycles. The average Bonchev–Trinajstić information content (AvgIpc) is 3.18. The van der Waals surface area contributed by atoms with Crippen LogP contribution in [0.4, 0.5) is 0 Å². The van der Waals surface area contributed by atoms with Crippen molar-refractivity contribution < 1.29 is 14.4 Å². The Morgan fingerprint density at radius 1 is 0.784 bits per heavy atom. The quantitative estimate of drug-likeness (QED) is 0.110. The maximum absolute atomic E-state index is 14.1. The number of rotatable bonds is 8. The topological polar surface area (TPSA) is 55.7 Å². The zero-order valence-corrected chi connectivity index (χ0v) is 21.6. The maximum Gasteiger partial charge on any atom is 0.332 e. The molecule has 0 heterocycles. The summed E-state index contributed by atoms with van der Waals surface area (Å²) in [5.41, 5.74) is 6.17. The van der Waals surface area contributed by atoms with Crippen LogP contribution in [-0.2, 0) is 15.0 Å². The lowest BCUT2D eigenvalue weighted by atomic mass is 9.71. The number of hydrogen-bond donors (Lipinski definition) is 0. The molecule has 186 valence electrons. The van der Waals surface area contributed by atoms with Gasteiger partial charge in [0.1, 0.15) is 0 Å². The molecule has 0 spiro atoms. The van der Waals surface area contributed by atoms with E-state index in [9.17, 15) is 9.59 Å². The second kappa shape index (κ2) is 10.1. The number of oxime groups is 1. The van der Waals surface area contributed by atoms with Crippen LogP contribution in [-0.4, -0.2) is 17.5 Å². The second-order valence-electron chi connectivity index (χ2n) is 9.77. The minimum atomic E-state index is -0.570. The predicted molar refractivity (Wildman–Crippen MR) is 149 cm³/mol. The summed E-state index contributed by atoms with van der Waals surface area (Å²) in [6, 6.07) is 28.2. The first-order valence-electron chi connectivity index (χ1n) is 13.0. The Hall–Kier alpha value is -4.05. The van der Waals surface area contributed by atoms with E-state index in [0.717, 1.165) is 36.5 Å². The first-order chi connectivity index (χ1) is 18.0. The second-order valence-corrected chi connectivity index (χ2v) is 9.77. The fourth-order valence-electron chi connectivity index (χ4n) is 6.01. The van der Waals surface area contributed by atoms with Gasteiger partial charge in [-0.25, -0.2) is 4.79 Å². The van der Waals surface area contributed by atoms with Gasteiger partial charge in [0.15, 0.2) is 5.71 Å². The summed E-state index contributed by atoms with van der Waals surface area (Å²) in [5.74, 6) is -0.835. The van der Waals surface area contributed by atoms with Crippen molar-refractivity contribution in [3.63, 3.8) is 0 Å². The number of carbonyl (C=O) groups is 2. The molecule has 0 aliphatic heterocycles. The van der Waals surface area contributed by atoms with Crippen LogP contribution >= 0.6 is 0 Å². The van der Waals surface area contributed by atoms with Crippen LogP contribution in [0.3, 0.4) is 0 Å². The van der Waals surface area contributed by atoms with E-state index in [1.807, 2.05) is 48.5 Å². The molecule has 0 saturated heterocycles. The molecule has 5 rings (SSSR count). The van der Waals surface area contributed by atoms with E-state index in [0.29, 0.717) is 11.1 Å². The molecule has 4 aromatic rings. The van der Waals surface area contributed by atoms with Crippen molar-refractivity contribution in [2.45, 2.75) is 51.9 Å². The lowest BCUT2D eigenvalue weighted by Gasteiger charge is -2.32. The molecule has 37 heavy (non-hydrogen) atoms. The summed E-state index contributed by atoms with van der Waals surface area (Å²) in [4.78, 5) is 30.8. The van der Waals surface area contributed by atoms with Crippen LogP contribution in [0.1, 0.15) is 73.5 Å². The van der Waals surface area contributed by atoms with E-state index >= 15 is 0 Å². The number of nitrogens with zero attached hydrogens (tertiary/aromatic N) is 1. The van der Waals surface area contributed by atoms with Gasteiger partial charge in [0.2, 0.25) is 5.78 Å². The molecule has 1 aliphatic rings. The summed E-state index contributed by atoms with van der Waals surface area (Å²) in [7, 11) is 0. The van der Waals surface area contributed by atoms with Gasteiger partial charge in [-0.1, -0.05) is 111 Å². The minimum Gasteiger partial charge on any atom is -0.318 e. The number of carbonyl (C=O) groups excluding carboxylic acids is 2. The van der Waals surface area contributed by atoms with Gasteiger partial charge in [0.25, 0.3) is 0 Å². The van der Waals surface area contributed by atoms with Gasteiger partial charge >= 0.3 is 5.97 Å². The highest BCUT2D eigenvalue weighted by atomic mass is 16.7. The molecule has 0 N–H and O–H groups in total. The third kappa shape index (κ3) is 4.27. The van der Waals surface area contributed by atoms with Crippen molar-refractivity contribution in [3.05, 3.63) is 107 Å². The molecule has 4 nitrogen and oxygen atoms in total. The third-order valence-corrected chi connectivity index (χ3v) is 7.41. The van der Waals surface area contributed by atoms with Crippen molar-refractivity contribution in [3.8, 4) is 11.1 Å². The van der Waals surface area contributed by atoms with E-state index in [1.54, 1.807) is 0 Å². The Kier molecular flexibility index (Phi) is 6.75.